The zero-order chi connectivity index (χ0) is 15.5. The van der Waals surface area contributed by atoms with Crippen LogP contribution in [0.2, 0.25) is 0 Å². The van der Waals surface area contributed by atoms with Crippen molar-refractivity contribution in [3.05, 3.63) is 35.9 Å². The predicted molar refractivity (Wildman–Crippen MR) is 80.1 cm³/mol. The van der Waals surface area contributed by atoms with E-state index in [4.69, 9.17) is 4.74 Å². The highest BCUT2D eigenvalue weighted by molar-refractivity contribution is 6.06. The van der Waals surface area contributed by atoms with Gasteiger partial charge in [0.15, 0.2) is 0 Å². The molecule has 1 aromatic rings. The molecule has 0 saturated heterocycles. The molecule has 2 aliphatic heterocycles. The summed E-state index contributed by atoms with van der Waals surface area (Å²) in [6, 6.07) is 9.25. The van der Waals surface area contributed by atoms with Gasteiger partial charge in [-0.05, 0) is 12.5 Å². The number of esters is 1. The van der Waals surface area contributed by atoms with Gasteiger partial charge in [0.25, 0.3) is 5.91 Å². The summed E-state index contributed by atoms with van der Waals surface area (Å²) < 4.78 is 4.85. The summed E-state index contributed by atoms with van der Waals surface area (Å²) in [6.07, 6.45) is 1.97. The molecular weight excluding hydrogens is 284 g/mol. The molecule has 0 aliphatic carbocycles. The average molecular weight is 300 g/mol. The van der Waals surface area contributed by atoms with Crippen molar-refractivity contribution in [2.24, 2.45) is 10.2 Å². The van der Waals surface area contributed by atoms with Gasteiger partial charge in [0.2, 0.25) is 0 Å². The van der Waals surface area contributed by atoms with E-state index in [9.17, 15) is 9.59 Å². The van der Waals surface area contributed by atoms with Crippen molar-refractivity contribution in [3.63, 3.8) is 0 Å². The first kappa shape index (κ1) is 14.2. The Bertz CT molecular complexity index is 641. The van der Waals surface area contributed by atoms with Crippen molar-refractivity contribution in [3.8, 4) is 0 Å². The fourth-order valence-electron chi connectivity index (χ4n) is 2.43. The monoisotopic (exact) mass is 300 g/mol. The molecule has 3 rings (SSSR count). The van der Waals surface area contributed by atoms with Crippen LogP contribution in [0.5, 0.6) is 0 Å². The zero-order valence-electron chi connectivity index (χ0n) is 12.2. The maximum absolute atomic E-state index is 12.4. The van der Waals surface area contributed by atoms with E-state index in [1.54, 1.807) is 11.9 Å². The first-order chi connectivity index (χ1) is 10.7. The third kappa shape index (κ3) is 2.69. The Morgan fingerprint density at radius 1 is 1.36 bits per heavy atom. The van der Waals surface area contributed by atoms with E-state index in [-0.39, 0.29) is 19.1 Å². The minimum Gasteiger partial charge on any atom is -0.465 e. The molecule has 0 N–H and O–H groups in total. The highest BCUT2D eigenvalue weighted by Crippen LogP contribution is 2.23. The number of fused-ring (bicyclic) bond motifs is 1. The van der Waals surface area contributed by atoms with Crippen LogP contribution in [-0.2, 0) is 14.3 Å². The Morgan fingerprint density at radius 2 is 2.14 bits per heavy atom. The minimum atomic E-state index is -0.469. The lowest BCUT2D eigenvalue weighted by molar-refractivity contribution is -0.150. The zero-order valence-corrected chi connectivity index (χ0v) is 12.2. The van der Waals surface area contributed by atoms with Gasteiger partial charge in [-0.25, -0.2) is 10.0 Å². The van der Waals surface area contributed by atoms with Gasteiger partial charge < -0.3 is 4.74 Å². The van der Waals surface area contributed by atoms with Crippen LogP contribution >= 0.6 is 0 Å². The molecular formula is C15H16N4O3. The normalized spacial score (nSPS) is 20.0. The van der Waals surface area contributed by atoms with Gasteiger partial charge in [0.05, 0.1) is 12.3 Å². The molecule has 7 nitrogen and oxygen atoms in total. The quantitative estimate of drug-likeness (QED) is 0.771. The number of ether oxygens (including phenoxy) is 1. The Kier molecular flexibility index (Phi) is 3.86. The Labute approximate surface area is 127 Å². The van der Waals surface area contributed by atoms with Gasteiger partial charge in [-0.3, -0.25) is 9.59 Å². The third-order valence-corrected chi connectivity index (χ3v) is 3.48. The topological polar surface area (TPSA) is 74.6 Å². The molecule has 0 radical (unpaired) electrons. The molecule has 1 atom stereocenters. The van der Waals surface area contributed by atoms with Crippen LogP contribution in [0.4, 0.5) is 0 Å². The standard InChI is InChI=1S/C15H16N4O3/c1-2-22-14(20)9-18-15(21)13-8-12(17-19(13)10-16-18)11-6-4-3-5-7-11/h3-7,10,13H,2,8-9H2,1H3. The Balaban J connectivity index is 1.71. The van der Waals surface area contributed by atoms with Crippen LogP contribution in [0.3, 0.4) is 0 Å². The molecule has 0 spiro atoms. The van der Waals surface area contributed by atoms with Gasteiger partial charge >= 0.3 is 5.97 Å². The van der Waals surface area contributed by atoms with E-state index < -0.39 is 12.0 Å². The van der Waals surface area contributed by atoms with E-state index in [1.807, 2.05) is 30.3 Å². The van der Waals surface area contributed by atoms with Gasteiger partial charge in [-0.15, -0.1) is 0 Å². The largest absolute Gasteiger partial charge is 0.465 e. The minimum absolute atomic E-state index is 0.172. The number of rotatable bonds is 4. The van der Waals surface area contributed by atoms with Crippen molar-refractivity contribution < 1.29 is 14.3 Å². The molecule has 1 amide bonds. The summed E-state index contributed by atoms with van der Waals surface area (Å²) in [5.74, 6) is -0.714. The fraction of sp³-hybridized carbons (Fsp3) is 0.333. The highest BCUT2D eigenvalue weighted by atomic mass is 16.5. The fourth-order valence-corrected chi connectivity index (χ4v) is 2.43. The molecule has 0 bridgehead atoms. The van der Waals surface area contributed by atoms with Crippen LogP contribution < -0.4 is 0 Å². The SMILES string of the molecule is CCOC(=O)CN1N=CN2N=C(c3ccccc3)CC2C1=O. The van der Waals surface area contributed by atoms with E-state index in [0.29, 0.717) is 6.42 Å². The lowest BCUT2D eigenvalue weighted by atomic mass is 10.0. The molecule has 0 fully saturated rings. The molecule has 2 aliphatic rings. The number of benzene rings is 1. The van der Waals surface area contributed by atoms with E-state index in [0.717, 1.165) is 16.3 Å². The van der Waals surface area contributed by atoms with Gasteiger partial charge in [0, 0.05) is 6.42 Å². The maximum atomic E-state index is 12.4. The third-order valence-electron chi connectivity index (χ3n) is 3.48. The first-order valence-electron chi connectivity index (χ1n) is 7.11. The van der Waals surface area contributed by atoms with Crippen LogP contribution in [0.1, 0.15) is 18.9 Å². The summed E-state index contributed by atoms with van der Waals surface area (Å²) in [6.45, 7) is 1.83. The Morgan fingerprint density at radius 3 is 2.86 bits per heavy atom. The lowest BCUT2D eigenvalue weighted by Crippen LogP contribution is -2.48. The van der Waals surface area contributed by atoms with Crippen LogP contribution in [-0.4, -0.2) is 53.1 Å². The lowest BCUT2D eigenvalue weighted by Gasteiger charge is -2.28. The van der Waals surface area contributed by atoms with E-state index in [1.165, 1.54) is 6.34 Å². The van der Waals surface area contributed by atoms with Gasteiger partial charge in [-0.1, -0.05) is 30.3 Å². The number of hydrogen-bond acceptors (Lipinski definition) is 6. The molecule has 1 unspecified atom stereocenters. The maximum Gasteiger partial charge on any atom is 0.327 e. The predicted octanol–water partition coefficient (Wildman–Crippen LogP) is 0.814. The number of hydrogen-bond donors (Lipinski definition) is 0. The van der Waals surface area contributed by atoms with E-state index in [2.05, 4.69) is 10.2 Å². The summed E-state index contributed by atoms with van der Waals surface area (Å²) in [5.41, 5.74) is 1.82. The smallest absolute Gasteiger partial charge is 0.327 e. The Hall–Kier alpha value is -2.70. The summed E-state index contributed by atoms with van der Waals surface area (Å²) in [7, 11) is 0. The van der Waals surface area contributed by atoms with Gasteiger partial charge in [0.1, 0.15) is 18.9 Å². The number of carbonyl (C=O) groups is 2. The number of amides is 1. The molecule has 0 aromatic heterocycles. The molecule has 1 aromatic carbocycles. The number of carbonyl (C=O) groups excluding carboxylic acids is 2. The average Bonchev–Trinajstić information content (AvgIpc) is 2.96. The van der Waals surface area contributed by atoms with Crippen LogP contribution in [0.25, 0.3) is 0 Å². The molecule has 22 heavy (non-hydrogen) atoms. The van der Waals surface area contributed by atoms with Crippen molar-refractivity contribution in [1.29, 1.82) is 0 Å². The summed E-state index contributed by atoms with van der Waals surface area (Å²) in [5, 5.41) is 11.1. The molecule has 114 valence electrons. The summed E-state index contributed by atoms with van der Waals surface area (Å²) >= 11 is 0. The van der Waals surface area contributed by atoms with Crippen molar-refractivity contribution >= 4 is 23.9 Å². The van der Waals surface area contributed by atoms with Crippen LogP contribution in [0, 0.1) is 0 Å². The van der Waals surface area contributed by atoms with Crippen molar-refractivity contribution in [2.45, 2.75) is 19.4 Å². The molecule has 0 saturated carbocycles. The van der Waals surface area contributed by atoms with Crippen molar-refractivity contribution in [2.75, 3.05) is 13.2 Å². The second kappa shape index (κ2) is 5.97. The van der Waals surface area contributed by atoms with Crippen LogP contribution in [0.15, 0.2) is 40.5 Å². The van der Waals surface area contributed by atoms with Gasteiger partial charge in [-0.2, -0.15) is 10.2 Å². The first-order valence-corrected chi connectivity index (χ1v) is 7.11. The number of nitrogens with zero attached hydrogens (tertiary/aromatic N) is 4. The molecule has 2 heterocycles. The molecule has 7 heteroatoms. The number of hydrazone groups is 2. The second-order valence-corrected chi connectivity index (χ2v) is 4.94. The van der Waals surface area contributed by atoms with Crippen molar-refractivity contribution in [1.82, 2.24) is 10.0 Å². The highest BCUT2D eigenvalue weighted by Gasteiger charge is 2.38. The van der Waals surface area contributed by atoms with E-state index >= 15 is 0 Å². The second-order valence-electron chi connectivity index (χ2n) is 4.94. The summed E-state index contributed by atoms with van der Waals surface area (Å²) in [4.78, 5) is 23.9.